The summed E-state index contributed by atoms with van der Waals surface area (Å²) in [5.41, 5.74) is 0. The summed E-state index contributed by atoms with van der Waals surface area (Å²) in [6.45, 7) is 0.931. The van der Waals surface area contributed by atoms with Crippen molar-refractivity contribution in [3.05, 3.63) is 0 Å². The number of phosphoric ester groups is 1. The van der Waals surface area contributed by atoms with Gasteiger partial charge in [0.2, 0.25) is 5.91 Å². The van der Waals surface area contributed by atoms with Crippen LogP contribution in [0.3, 0.4) is 0 Å². The Morgan fingerprint density at radius 2 is 1.76 bits per heavy atom. The molecule has 1 saturated heterocycles. The zero-order valence-electron chi connectivity index (χ0n) is 11.8. The van der Waals surface area contributed by atoms with Crippen molar-refractivity contribution in [1.29, 1.82) is 0 Å². The first kappa shape index (κ1) is 24.7. The molecule has 10 nitrogen and oxygen atoms in total. The second-order valence-electron chi connectivity index (χ2n) is 4.00. The first-order valence-corrected chi connectivity index (χ1v) is 6.72. The van der Waals surface area contributed by atoms with Gasteiger partial charge in [0, 0.05) is 13.5 Å². The molecule has 1 fully saturated rings. The van der Waals surface area contributed by atoms with Crippen LogP contribution in [-0.2, 0) is 18.6 Å². The number of carbonyl (C=O) groups excluding carboxylic acids is 1. The maximum absolute atomic E-state index is 10.7. The number of rotatable bonds is 4. The van der Waals surface area contributed by atoms with E-state index >= 15 is 0 Å². The van der Waals surface area contributed by atoms with Crippen molar-refractivity contribution in [2.45, 2.75) is 37.6 Å². The number of ether oxygens (including phenoxy) is 1. The Morgan fingerprint density at radius 3 is 2.19 bits per heavy atom. The van der Waals surface area contributed by atoms with E-state index in [-0.39, 0.29) is 65.7 Å². The third-order valence-electron chi connectivity index (χ3n) is 2.45. The van der Waals surface area contributed by atoms with E-state index in [2.05, 4.69) is 9.84 Å². The van der Waals surface area contributed by atoms with Crippen molar-refractivity contribution >= 4 is 13.7 Å². The summed E-state index contributed by atoms with van der Waals surface area (Å²) in [7, 11) is -5.45. The van der Waals surface area contributed by atoms with Crippen LogP contribution in [0.15, 0.2) is 0 Å². The minimum absolute atomic E-state index is 0. The van der Waals surface area contributed by atoms with E-state index in [1.807, 2.05) is 0 Å². The van der Waals surface area contributed by atoms with Crippen LogP contribution in [0.4, 0.5) is 0 Å². The summed E-state index contributed by atoms with van der Waals surface area (Å²) in [5, 5.41) is 30.7. The molecule has 0 saturated carbocycles. The Labute approximate surface area is 165 Å². The number of hydrogen-bond acceptors (Lipinski definition) is 9. The number of amides is 1. The van der Waals surface area contributed by atoms with Crippen LogP contribution in [0, 0.1) is 0 Å². The fourth-order valence-corrected chi connectivity index (χ4v) is 1.97. The SMILES string of the molecule is CC(=O)NC[C@H]1O[C@H](OP(=O)([O-])[O-])[C@H](O)[C@@H](O)[C@@H]1O.[Na+].[Na+]. The molecule has 1 aliphatic rings. The van der Waals surface area contributed by atoms with Crippen LogP contribution in [0.25, 0.3) is 0 Å². The molecule has 0 aromatic carbocycles. The van der Waals surface area contributed by atoms with E-state index in [0.29, 0.717) is 0 Å². The Hall–Kier alpha value is 1.42. The van der Waals surface area contributed by atoms with Gasteiger partial charge in [0.15, 0.2) is 6.29 Å². The monoisotopic (exact) mass is 345 g/mol. The van der Waals surface area contributed by atoms with Crippen LogP contribution in [0.5, 0.6) is 0 Å². The molecule has 13 heteroatoms. The van der Waals surface area contributed by atoms with Crippen LogP contribution in [0.1, 0.15) is 6.92 Å². The summed E-state index contributed by atoms with van der Waals surface area (Å²) in [5.74, 6) is -0.452. The average molecular weight is 345 g/mol. The van der Waals surface area contributed by atoms with E-state index in [1.165, 1.54) is 6.92 Å². The molecule has 0 radical (unpaired) electrons. The van der Waals surface area contributed by atoms with Gasteiger partial charge in [0.1, 0.15) is 24.4 Å². The third-order valence-corrected chi connectivity index (χ3v) is 2.92. The molecule has 112 valence electrons. The van der Waals surface area contributed by atoms with Crippen LogP contribution in [0.2, 0.25) is 0 Å². The standard InChI is InChI=1S/C8H16NO9P.2Na/c1-3(10)9-2-4-5(11)6(12)7(13)8(17-4)18-19(14,15)16;;/h4-8,11-13H,2H2,1H3,(H,9,10)(H2,14,15,16);;/q;2*+1/p-2/t4-,5-,6+,7-,8-;;/m1../s1. The van der Waals surface area contributed by atoms with E-state index in [1.54, 1.807) is 0 Å². The van der Waals surface area contributed by atoms with Crippen molar-refractivity contribution in [2.75, 3.05) is 6.54 Å². The van der Waals surface area contributed by atoms with Crippen LogP contribution >= 0.6 is 7.82 Å². The van der Waals surface area contributed by atoms with E-state index < -0.39 is 44.4 Å². The maximum atomic E-state index is 10.7. The van der Waals surface area contributed by atoms with Gasteiger partial charge in [0.05, 0.1) is 7.82 Å². The normalized spacial score (nSPS) is 32.6. The van der Waals surface area contributed by atoms with E-state index in [4.69, 9.17) is 4.74 Å². The Morgan fingerprint density at radius 1 is 1.24 bits per heavy atom. The average Bonchev–Trinajstić information content (AvgIpc) is 2.26. The number of phosphoric acid groups is 1. The Bertz CT molecular complexity index is 381. The minimum atomic E-state index is -5.45. The summed E-state index contributed by atoms with van der Waals surface area (Å²) in [6, 6.07) is 0. The topological polar surface area (TPSA) is 171 Å². The third kappa shape index (κ3) is 8.18. The van der Waals surface area contributed by atoms with E-state index in [0.717, 1.165) is 0 Å². The molecule has 1 heterocycles. The minimum Gasteiger partial charge on any atom is -0.790 e. The zero-order valence-corrected chi connectivity index (χ0v) is 16.7. The first-order chi connectivity index (χ1) is 8.61. The fraction of sp³-hybridized carbons (Fsp3) is 0.875. The maximum Gasteiger partial charge on any atom is 1.00 e. The molecule has 21 heavy (non-hydrogen) atoms. The zero-order chi connectivity index (χ0) is 14.8. The summed E-state index contributed by atoms with van der Waals surface area (Å²) in [6.07, 6.45) is -8.47. The van der Waals surface area contributed by atoms with Gasteiger partial charge < -0.3 is 44.2 Å². The van der Waals surface area contributed by atoms with Gasteiger partial charge in [-0.2, -0.15) is 0 Å². The number of nitrogens with one attached hydrogen (secondary N) is 1. The van der Waals surface area contributed by atoms with Gasteiger partial charge in [-0.05, 0) is 0 Å². The van der Waals surface area contributed by atoms with Gasteiger partial charge in [-0.3, -0.25) is 4.79 Å². The number of aliphatic hydroxyl groups is 3. The molecule has 0 aliphatic carbocycles. The number of hydrogen-bond donors (Lipinski definition) is 4. The molecule has 0 aromatic heterocycles. The van der Waals surface area contributed by atoms with Crippen molar-refractivity contribution in [2.24, 2.45) is 0 Å². The summed E-state index contributed by atoms with van der Waals surface area (Å²) < 4.78 is 19.2. The van der Waals surface area contributed by atoms with Crippen molar-refractivity contribution < 1.29 is 103 Å². The quantitative estimate of drug-likeness (QED) is 0.285. The smallest absolute Gasteiger partial charge is 0.790 e. The Balaban J connectivity index is 0. The predicted octanol–water partition coefficient (Wildman–Crippen LogP) is -10.2. The van der Waals surface area contributed by atoms with Gasteiger partial charge >= 0.3 is 59.1 Å². The van der Waals surface area contributed by atoms with Crippen LogP contribution in [-0.4, -0.2) is 58.5 Å². The van der Waals surface area contributed by atoms with Gasteiger partial charge in [-0.25, -0.2) is 0 Å². The molecule has 1 rings (SSSR count). The molecule has 0 bridgehead atoms. The second kappa shape index (κ2) is 10.3. The summed E-state index contributed by atoms with van der Waals surface area (Å²) in [4.78, 5) is 31.6. The molecular formula is C8H14NNa2O9P. The molecule has 0 unspecified atom stereocenters. The van der Waals surface area contributed by atoms with Crippen molar-refractivity contribution in [3.8, 4) is 0 Å². The fourth-order valence-electron chi connectivity index (χ4n) is 1.54. The van der Waals surface area contributed by atoms with Gasteiger partial charge in [-0.15, -0.1) is 0 Å². The second-order valence-corrected chi connectivity index (χ2v) is 5.11. The van der Waals surface area contributed by atoms with Gasteiger partial charge in [0.25, 0.3) is 0 Å². The Kier molecular flexibility index (Phi) is 12.1. The van der Waals surface area contributed by atoms with Crippen molar-refractivity contribution in [3.63, 3.8) is 0 Å². The molecule has 5 atom stereocenters. The molecule has 0 aromatic rings. The largest absolute Gasteiger partial charge is 1.00 e. The number of carbonyl (C=O) groups is 1. The van der Waals surface area contributed by atoms with Crippen LogP contribution < -0.4 is 74.2 Å². The van der Waals surface area contributed by atoms with E-state index in [9.17, 15) is 34.5 Å². The first-order valence-electron chi connectivity index (χ1n) is 5.26. The summed E-state index contributed by atoms with van der Waals surface area (Å²) >= 11 is 0. The van der Waals surface area contributed by atoms with Gasteiger partial charge in [-0.1, -0.05) is 0 Å². The predicted molar refractivity (Wildman–Crippen MR) is 54.1 cm³/mol. The van der Waals surface area contributed by atoms with Crippen molar-refractivity contribution in [1.82, 2.24) is 5.32 Å². The molecule has 1 amide bonds. The molecular weight excluding hydrogens is 331 g/mol. The molecule has 4 N–H and O–H groups in total. The molecule has 0 spiro atoms. The number of aliphatic hydroxyl groups excluding tert-OH is 3. The molecule has 1 aliphatic heterocycles.